The molecule has 5 aromatic rings. The van der Waals surface area contributed by atoms with Gasteiger partial charge in [0.25, 0.3) is 0 Å². The minimum absolute atomic E-state index is 0.171. The standard InChI is InChI=1S/C39H34O8/c1-26(40)46-39-37(41)36-34(45-25-29-16-10-5-11-17-29)21-31(43-23-27-12-6-3-7-13-27)22-35(36)47-38(39)30-18-19-32(42-2)33(20-30)44-24-28-14-8-4-9-15-28/h3-22,38-39H,23-25H2,1-2H3. The van der Waals surface area contributed by atoms with E-state index in [9.17, 15) is 9.59 Å². The highest BCUT2D eigenvalue weighted by Crippen LogP contribution is 2.45. The van der Waals surface area contributed by atoms with Crippen molar-refractivity contribution in [2.24, 2.45) is 0 Å². The summed E-state index contributed by atoms with van der Waals surface area (Å²) in [6.45, 7) is 2.05. The first-order valence-corrected chi connectivity index (χ1v) is 15.2. The lowest BCUT2D eigenvalue weighted by molar-refractivity contribution is -0.148. The van der Waals surface area contributed by atoms with Gasteiger partial charge in [0.2, 0.25) is 11.9 Å². The maximum atomic E-state index is 14.2. The second kappa shape index (κ2) is 14.6. The molecule has 0 radical (unpaired) electrons. The maximum absolute atomic E-state index is 14.2. The highest BCUT2D eigenvalue weighted by Gasteiger charge is 2.43. The number of carbonyl (C=O) groups excluding carboxylic acids is 2. The number of carbonyl (C=O) groups is 2. The number of esters is 1. The van der Waals surface area contributed by atoms with Crippen LogP contribution in [0.5, 0.6) is 28.7 Å². The second-order valence-corrected chi connectivity index (χ2v) is 11.0. The van der Waals surface area contributed by atoms with Crippen molar-refractivity contribution >= 4 is 11.8 Å². The summed E-state index contributed by atoms with van der Waals surface area (Å²) in [5.74, 6) is 0.843. The van der Waals surface area contributed by atoms with E-state index in [-0.39, 0.29) is 23.7 Å². The third-order valence-electron chi connectivity index (χ3n) is 7.61. The number of Topliss-reactive ketones (excluding diaryl/α,β-unsaturated/α-hetero) is 1. The third kappa shape index (κ3) is 7.56. The van der Waals surface area contributed by atoms with Gasteiger partial charge < -0.3 is 28.4 Å². The van der Waals surface area contributed by atoms with E-state index in [1.54, 1.807) is 37.4 Å². The van der Waals surface area contributed by atoms with Gasteiger partial charge >= 0.3 is 5.97 Å². The fourth-order valence-corrected chi connectivity index (χ4v) is 5.31. The molecule has 0 aromatic heterocycles. The minimum atomic E-state index is -1.29. The zero-order chi connectivity index (χ0) is 32.6. The van der Waals surface area contributed by atoms with E-state index in [4.69, 9.17) is 28.4 Å². The number of hydrogen-bond acceptors (Lipinski definition) is 8. The molecule has 2 atom stereocenters. The topological polar surface area (TPSA) is 89.5 Å². The summed E-state index contributed by atoms with van der Waals surface area (Å²) < 4.78 is 36.2. The van der Waals surface area contributed by atoms with Crippen molar-refractivity contribution in [1.29, 1.82) is 0 Å². The zero-order valence-electron chi connectivity index (χ0n) is 26.1. The number of fused-ring (bicyclic) bond motifs is 1. The van der Waals surface area contributed by atoms with E-state index in [0.717, 1.165) is 16.7 Å². The molecule has 8 nitrogen and oxygen atoms in total. The smallest absolute Gasteiger partial charge is 0.303 e. The van der Waals surface area contributed by atoms with Crippen molar-refractivity contribution in [2.45, 2.75) is 39.0 Å². The molecule has 1 heterocycles. The fraction of sp³-hybridized carbons (Fsp3) is 0.179. The minimum Gasteiger partial charge on any atom is -0.493 e. The van der Waals surface area contributed by atoms with E-state index in [2.05, 4.69) is 0 Å². The molecule has 0 fully saturated rings. The Morgan fingerprint density at radius 3 is 1.77 bits per heavy atom. The van der Waals surface area contributed by atoms with Crippen molar-refractivity contribution in [3.63, 3.8) is 0 Å². The molecule has 5 aromatic carbocycles. The summed E-state index contributed by atoms with van der Waals surface area (Å²) in [6, 6.07) is 37.6. The molecule has 0 spiro atoms. The number of hydrogen-bond donors (Lipinski definition) is 0. The van der Waals surface area contributed by atoms with Crippen molar-refractivity contribution < 1.29 is 38.0 Å². The first kappa shape index (κ1) is 31.2. The molecule has 8 heteroatoms. The first-order valence-electron chi connectivity index (χ1n) is 15.2. The highest BCUT2D eigenvalue weighted by atomic mass is 16.6. The summed E-state index contributed by atoms with van der Waals surface area (Å²) in [5, 5.41) is 0. The normalized spacial score (nSPS) is 15.1. The van der Waals surface area contributed by atoms with Gasteiger partial charge in [-0.05, 0) is 28.8 Å². The largest absolute Gasteiger partial charge is 0.493 e. The summed E-state index contributed by atoms with van der Waals surface area (Å²) in [5.41, 5.74) is 3.59. The predicted molar refractivity (Wildman–Crippen MR) is 175 cm³/mol. The van der Waals surface area contributed by atoms with Crippen LogP contribution in [0.2, 0.25) is 0 Å². The van der Waals surface area contributed by atoms with Crippen LogP contribution >= 0.6 is 0 Å². The SMILES string of the molecule is COc1ccc(C2Oc3cc(OCc4ccccc4)cc(OCc4ccccc4)c3C(=O)C2OC(C)=O)cc1OCc1ccccc1. The molecule has 0 N–H and O–H groups in total. The quantitative estimate of drug-likeness (QED) is 0.130. The van der Waals surface area contributed by atoms with Crippen LogP contribution in [0.15, 0.2) is 121 Å². The molecule has 47 heavy (non-hydrogen) atoms. The van der Waals surface area contributed by atoms with E-state index in [0.29, 0.717) is 36.0 Å². The first-order chi connectivity index (χ1) is 23.0. The van der Waals surface area contributed by atoms with Crippen LogP contribution in [0.3, 0.4) is 0 Å². The highest BCUT2D eigenvalue weighted by molar-refractivity contribution is 6.06. The lowest BCUT2D eigenvalue weighted by Gasteiger charge is -2.33. The Morgan fingerprint density at radius 2 is 1.21 bits per heavy atom. The molecule has 0 saturated carbocycles. The van der Waals surface area contributed by atoms with Crippen molar-refractivity contribution in [2.75, 3.05) is 7.11 Å². The van der Waals surface area contributed by atoms with E-state index < -0.39 is 24.0 Å². The molecule has 1 aliphatic rings. The Morgan fingerprint density at radius 1 is 0.660 bits per heavy atom. The van der Waals surface area contributed by atoms with Gasteiger partial charge in [-0.3, -0.25) is 9.59 Å². The van der Waals surface area contributed by atoms with Crippen molar-refractivity contribution in [1.82, 2.24) is 0 Å². The monoisotopic (exact) mass is 630 g/mol. The number of ketones is 1. The van der Waals surface area contributed by atoms with Gasteiger partial charge in [0.15, 0.2) is 17.6 Å². The molecule has 0 amide bonds. The molecule has 0 saturated heterocycles. The Balaban J connectivity index is 1.36. The van der Waals surface area contributed by atoms with Crippen LogP contribution in [0.4, 0.5) is 0 Å². The van der Waals surface area contributed by atoms with Gasteiger partial charge in [-0.1, -0.05) is 97.1 Å². The third-order valence-corrected chi connectivity index (χ3v) is 7.61. The van der Waals surface area contributed by atoms with Crippen LogP contribution < -0.4 is 23.7 Å². The Bertz CT molecular complexity index is 1820. The lowest BCUT2D eigenvalue weighted by atomic mass is 9.92. The second-order valence-electron chi connectivity index (χ2n) is 11.0. The maximum Gasteiger partial charge on any atom is 0.303 e. The Hall–Kier alpha value is -5.76. The molecule has 238 valence electrons. The van der Waals surface area contributed by atoms with Gasteiger partial charge in [0, 0.05) is 24.6 Å². The molecule has 2 unspecified atom stereocenters. The molecule has 1 aliphatic heterocycles. The van der Waals surface area contributed by atoms with Crippen LogP contribution in [-0.4, -0.2) is 25.0 Å². The average molecular weight is 631 g/mol. The molecule has 0 bridgehead atoms. The predicted octanol–water partition coefficient (Wildman–Crippen LogP) is 7.68. The van der Waals surface area contributed by atoms with Gasteiger partial charge in [0.05, 0.1) is 7.11 Å². The summed E-state index contributed by atoms with van der Waals surface area (Å²) in [7, 11) is 1.55. The number of ether oxygens (including phenoxy) is 6. The number of rotatable bonds is 12. The lowest BCUT2D eigenvalue weighted by Crippen LogP contribution is -2.39. The number of benzene rings is 5. The van der Waals surface area contributed by atoms with Crippen molar-refractivity contribution in [3.05, 3.63) is 149 Å². The zero-order valence-corrected chi connectivity index (χ0v) is 26.1. The van der Waals surface area contributed by atoms with E-state index in [1.807, 2.05) is 91.0 Å². The summed E-state index contributed by atoms with van der Waals surface area (Å²) >= 11 is 0. The van der Waals surface area contributed by atoms with Crippen LogP contribution in [0, 0.1) is 0 Å². The van der Waals surface area contributed by atoms with Crippen LogP contribution in [-0.2, 0) is 29.4 Å². The summed E-state index contributed by atoms with van der Waals surface area (Å²) in [4.78, 5) is 26.6. The molecular weight excluding hydrogens is 596 g/mol. The van der Waals surface area contributed by atoms with Crippen molar-refractivity contribution in [3.8, 4) is 28.7 Å². The molecular formula is C39H34O8. The molecule has 0 aliphatic carbocycles. The average Bonchev–Trinajstić information content (AvgIpc) is 3.11. The van der Waals surface area contributed by atoms with Gasteiger partial charge in [-0.2, -0.15) is 0 Å². The number of methoxy groups -OCH3 is 1. The van der Waals surface area contributed by atoms with Gasteiger partial charge in [-0.25, -0.2) is 0 Å². The Kier molecular flexibility index (Phi) is 9.67. The van der Waals surface area contributed by atoms with Crippen LogP contribution in [0.1, 0.15) is 45.6 Å². The van der Waals surface area contributed by atoms with E-state index >= 15 is 0 Å². The van der Waals surface area contributed by atoms with Gasteiger partial charge in [0.1, 0.15) is 42.6 Å². The fourth-order valence-electron chi connectivity index (χ4n) is 5.31. The molecule has 6 rings (SSSR count). The summed E-state index contributed by atoms with van der Waals surface area (Å²) in [6.07, 6.45) is -2.28. The Labute approximate surface area is 273 Å². The van der Waals surface area contributed by atoms with Gasteiger partial charge in [-0.15, -0.1) is 0 Å². The van der Waals surface area contributed by atoms with E-state index in [1.165, 1.54) is 6.92 Å². The van der Waals surface area contributed by atoms with Crippen LogP contribution in [0.25, 0.3) is 0 Å².